The van der Waals surface area contributed by atoms with Crippen molar-refractivity contribution in [3.05, 3.63) is 23.8 Å². The van der Waals surface area contributed by atoms with E-state index in [-0.39, 0.29) is 5.60 Å². The molecule has 1 aromatic rings. The first-order chi connectivity index (χ1) is 6.47. The summed E-state index contributed by atoms with van der Waals surface area (Å²) in [7, 11) is 0. The molecule has 1 rings (SSSR count). The molecule has 0 atom stereocenters. The second-order valence-corrected chi connectivity index (χ2v) is 4.39. The van der Waals surface area contributed by atoms with E-state index in [0.29, 0.717) is 6.61 Å². The van der Waals surface area contributed by atoms with E-state index in [1.165, 1.54) is 0 Å². The molecule has 1 heterocycles. The van der Waals surface area contributed by atoms with Crippen molar-refractivity contribution in [1.29, 1.82) is 0 Å². The van der Waals surface area contributed by atoms with Crippen LogP contribution in [0.1, 0.15) is 32.2 Å². The van der Waals surface area contributed by atoms with Crippen molar-refractivity contribution in [2.45, 2.75) is 39.7 Å². The molecule has 0 N–H and O–H groups in total. The van der Waals surface area contributed by atoms with Crippen molar-refractivity contribution in [2.75, 3.05) is 6.61 Å². The number of aromatic nitrogens is 2. The molecule has 0 amide bonds. The molecule has 0 unspecified atom stereocenters. The molecular weight excluding hydrogens is 176 g/mol. The van der Waals surface area contributed by atoms with Gasteiger partial charge in [-0.15, -0.1) is 0 Å². The van der Waals surface area contributed by atoms with Crippen molar-refractivity contribution in [3.8, 4) is 0 Å². The van der Waals surface area contributed by atoms with Crippen LogP contribution in [0.5, 0.6) is 0 Å². The van der Waals surface area contributed by atoms with Crippen molar-refractivity contribution >= 4 is 0 Å². The molecule has 1 aromatic heterocycles. The van der Waals surface area contributed by atoms with Crippen molar-refractivity contribution < 1.29 is 4.74 Å². The molecular formula is C11H18N2O. The third-order valence-corrected chi connectivity index (χ3v) is 1.70. The SMILES string of the molecule is Cc1cnc(CCOC(C)(C)C)nc1. The van der Waals surface area contributed by atoms with Gasteiger partial charge in [0.2, 0.25) is 0 Å². The van der Waals surface area contributed by atoms with Gasteiger partial charge in [-0.05, 0) is 33.3 Å². The van der Waals surface area contributed by atoms with Crippen molar-refractivity contribution in [1.82, 2.24) is 9.97 Å². The predicted molar refractivity (Wildman–Crippen MR) is 56.2 cm³/mol. The predicted octanol–water partition coefficient (Wildman–Crippen LogP) is 2.14. The van der Waals surface area contributed by atoms with Crippen LogP contribution in [0.25, 0.3) is 0 Å². The molecule has 0 spiro atoms. The molecule has 0 bridgehead atoms. The Morgan fingerprint density at radius 3 is 2.29 bits per heavy atom. The van der Waals surface area contributed by atoms with Gasteiger partial charge in [0.1, 0.15) is 5.82 Å². The third-order valence-electron chi connectivity index (χ3n) is 1.70. The van der Waals surface area contributed by atoms with E-state index in [0.717, 1.165) is 17.8 Å². The van der Waals surface area contributed by atoms with Crippen LogP contribution in [0.15, 0.2) is 12.4 Å². The maximum Gasteiger partial charge on any atom is 0.130 e. The van der Waals surface area contributed by atoms with Gasteiger partial charge in [0, 0.05) is 18.8 Å². The maximum absolute atomic E-state index is 5.58. The third kappa shape index (κ3) is 4.33. The Kier molecular flexibility index (Phi) is 3.58. The van der Waals surface area contributed by atoms with E-state index in [4.69, 9.17) is 4.74 Å². The number of nitrogens with zero attached hydrogens (tertiary/aromatic N) is 2. The van der Waals surface area contributed by atoms with E-state index in [1.807, 2.05) is 40.1 Å². The average Bonchev–Trinajstić information content (AvgIpc) is 2.06. The van der Waals surface area contributed by atoms with Gasteiger partial charge in [-0.1, -0.05) is 0 Å². The molecule has 0 saturated heterocycles. The summed E-state index contributed by atoms with van der Waals surface area (Å²) >= 11 is 0. The fraction of sp³-hybridized carbons (Fsp3) is 0.636. The normalized spacial score (nSPS) is 11.7. The first-order valence-corrected chi connectivity index (χ1v) is 4.89. The number of ether oxygens (including phenoxy) is 1. The molecule has 3 nitrogen and oxygen atoms in total. The lowest BCUT2D eigenvalue weighted by Gasteiger charge is -2.18. The monoisotopic (exact) mass is 194 g/mol. The van der Waals surface area contributed by atoms with Gasteiger partial charge in [0.15, 0.2) is 0 Å². The average molecular weight is 194 g/mol. The molecule has 0 aliphatic rings. The smallest absolute Gasteiger partial charge is 0.130 e. The molecule has 14 heavy (non-hydrogen) atoms. The Labute approximate surface area is 85.5 Å². The summed E-state index contributed by atoms with van der Waals surface area (Å²) in [5.41, 5.74) is 1.01. The number of aryl methyl sites for hydroxylation is 1. The second-order valence-electron chi connectivity index (χ2n) is 4.39. The van der Waals surface area contributed by atoms with Crippen LogP contribution in [0.3, 0.4) is 0 Å². The highest BCUT2D eigenvalue weighted by Crippen LogP contribution is 2.07. The zero-order valence-electron chi connectivity index (χ0n) is 9.37. The van der Waals surface area contributed by atoms with Gasteiger partial charge in [-0.2, -0.15) is 0 Å². The highest BCUT2D eigenvalue weighted by atomic mass is 16.5. The summed E-state index contributed by atoms with van der Waals surface area (Å²) in [5.74, 6) is 0.847. The molecule has 0 saturated carbocycles. The van der Waals surface area contributed by atoms with Crippen LogP contribution >= 0.6 is 0 Å². The van der Waals surface area contributed by atoms with Gasteiger partial charge in [0.25, 0.3) is 0 Å². The van der Waals surface area contributed by atoms with E-state index in [2.05, 4.69) is 9.97 Å². The fourth-order valence-corrected chi connectivity index (χ4v) is 0.997. The first-order valence-electron chi connectivity index (χ1n) is 4.89. The van der Waals surface area contributed by atoms with E-state index in [1.54, 1.807) is 0 Å². The number of hydrogen-bond acceptors (Lipinski definition) is 3. The minimum Gasteiger partial charge on any atom is -0.375 e. The lowest BCUT2D eigenvalue weighted by atomic mass is 10.2. The molecule has 0 aliphatic heterocycles. The Bertz CT molecular complexity index is 274. The molecule has 0 aliphatic carbocycles. The summed E-state index contributed by atoms with van der Waals surface area (Å²) in [4.78, 5) is 8.41. The minimum atomic E-state index is -0.0787. The largest absolute Gasteiger partial charge is 0.375 e. The van der Waals surface area contributed by atoms with Crippen LogP contribution in [-0.2, 0) is 11.2 Å². The van der Waals surface area contributed by atoms with Gasteiger partial charge < -0.3 is 4.74 Å². The highest BCUT2D eigenvalue weighted by Gasteiger charge is 2.09. The van der Waals surface area contributed by atoms with Gasteiger partial charge in [0.05, 0.1) is 12.2 Å². The molecule has 3 heteroatoms. The Hall–Kier alpha value is -0.960. The summed E-state index contributed by atoms with van der Waals surface area (Å²) in [5, 5.41) is 0. The summed E-state index contributed by atoms with van der Waals surface area (Å²) in [6.45, 7) is 8.79. The van der Waals surface area contributed by atoms with Crippen molar-refractivity contribution in [2.24, 2.45) is 0 Å². The standard InChI is InChI=1S/C11H18N2O/c1-9-7-12-10(13-8-9)5-6-14-11(2,3)4/h7-8H,5-6H2,1-4H3. The van der Waals surface area contributed by atoms with E-state index in [9.17, 15) is 0 Å². The van der Waals surface area contributed by atoms with Gasteiger partial charge >= 0.3 is 0 Å². The van der Waals surface area contributed by atoms with E-state index >= 15 is 0 Å². The highest BCUT2D eigenvalue weighted by molar-refractivity contribution is 5.01. The van der Waals surface area contributed by atoms with Crippen LogP contribution in [-0.4, -0.2) is 22.2 Å². The number of rotatable bonds is 3. The Balaban J connectivity index is 2.35. The lowest BCUT2D eigenvalue weighted by molar-refractivity contribution is -0.00159. The topological polar surface area (TPSA) is 35.0 Å². The van der Waals surface area contributed by atoms with E-state index < -0.39 is 0 Å². The van der Waals surface area contributed by atoms with Crippen LogP contribution < -0.4 is 0 Å². The Morgan fingerprint density at radius 1 is 1.21 bits per heavy atom. The molecule has 0 aromatic carbocycles. The van der Waals surface area contributed by atoms with Crippen LogP contribution in [0.2, 0.25) is 0 Å². The van der Waals surface area contributed by atoms with Crippen molar-refractivity contribution in [3.63, 3.8) is 0 Å². The minimum absolute atomic E-state index is 0.0787. The molecule has 0 fully saturated rings. The zero-order chi connectivity index (χ0) is 10.6. The van der Waals surface area contributed by atoms with Gasteiger partial charge in [-0.3, -0.25) is 0 Å². The van der Waals surface area contributed by atoms with Gasteiger partial charge in [-0.25, -0.2) is 9.97 Å². The summed E-state index contributed by atoms with van der Waals surface area (Å²) in [6.07, 6.45) is 4.44. The molecule has 78 valence electrons. The maximum atomic E-state index is 5.58. The second kappa shape index (κ2) is 4.51. The van der Waals surface area contributed by atoms with Crippen LogP contribution in [0.4, 0.5) is 0 Å². The van der Waals surface area contributed by atoms with Crippen LogP contribution in [0, 0.1) is 6.92 Å². The Morgan fingerprint density at radius 2 is 1.79 bits per heavy atom. The molecule has 0 radical (unpaired) electrons. The first kappa shape index (κ1) is 11.1. The zero-order valence-corrected chi connectivity index (χ0v) is 9.37. The fourth-order valence-electron chi connectivity index (χ4n) is 0.997. The summed E-state index contributed by atoms with van der Waals surface area (Å²) < 4.78 is 5.58. The summed E-state index contributed by atoms with van der Waals surface area (Å²) in [6, 6.07) is 0. The lowest BCUT2D eigenvalue weighted by Crippen LogP contribution is -2.20. The number of hydrogen-bond donors (Lipinski definition) is 0. The quantitative estimate of drug-likeness (QED) is 0.739.